The normalized spacial score (nSPS) is 15.3. The summed E-state index contributed by atoms with van der Waals surface area (Å²) >= 11 is 0. The lowest BCUT2D eigenvalue weighted by molar-refractivity contribution is -0.126. The standard InChI is InChI=1S/C16H22N4O/c1-11(14-10-20(4)19-12(14)2)18-15(21)16(3,17)13-8-6-5-7-9-13/h5-11H,17H2,1-4H3,(H,18,21). The monoisotopic (exact) mass is 286 g/mol. The Bertz CT molecular complexity index is 631. The molecule has 2 unspecified atom stereocenters. The van der Waals surface area contributed by atoms with E-state index in [1.54, 1.807) is 11.6 Å². The summed E-state index contributed by atoms with van der Waals surface area (Å²) in [6.07, 6.45) is 1.91. The van der Waals surface area contributed by atoms with E-state index in [2.05, 4.69) is 10.4 Å². The maximum atomic E-state index is 12.5. The Labute approximate surface area is 125 Å². The number of amides is 1. The predicted octanol–water partition coefficient (Wildman–Crippen LogP) is 1.78. The molecule has 0 aliphatic carbocycles. The molecule has 5 nitrogen and oxygen atoms in total. The van der Waals surface area contributed by atoms with Gasteiger partial charge in [-0.2, -0.15) is 5.10 Å². The molecule has 0 saturated carbocycles. The number of hydrogen-bond acceptors (Lipinski definition) is 3. The summed E-state index contributed by atoms with van der Waals surface area (Å²) in [6, 6.07) is 9.24. The molecule has 1 heterocycles. The molecule has 0 bridgehead atoms. The molecule has 0 fully saturated rings. The number of hydrogen-bond donors (Lipinski definition) is 2. The summed E-state index contributed by atoms with van der Waals surface area (Å²) in [6.45, 7) is 5.58. The van der Waals surface area contributed by atoms with Crippen molar-refractivity contribution in [3.63, 3.8) is 0 Å². The summed E-state index contributed by atoms with van der Waals surface area (Å²) in [4.78, 5) is 12.5. The number of nitrogens with zero attached hydrogens (tertiary/aromatic N) is 2. The van der Waals surface area contributed by atoms with Crippen LogP contribution in [0.5, 0.6) is 0 Å². The van der Waals surface area contributed by atoms with Gasteiger partial charge in [0.15, 0.2) is 0 Å². The van der Waals surface area contributed by atoms with Crippen molar-refractivity contribution in [2.24, 2.45) is 12.8 Å². The molecule has 1 aromatic heterocycles. The topological polar surface area (TPSA) is 72.9 Å². The molecule has 112 valence electrons. The summed E-state index contributed by atoms with van der Waals surface area (Å²) < 4.78 is 1.74. The highest BCUT2D eigenvalue weighted by Crippen LogP contribution is 2.21. The van der Waals surface area contributed by atoms with Gasteiger partial charge in [0.25, 0.3) is 0 Å². The number of carbonyl (C=O) groups is 1. The van der Waals surface area contributed by atoms with Crippen LogP contribution in [-0.4, -0.2) is 15.7 Å². The predicted molar refractivity (Wildman–Crippen MR) is 82.5 cm³/mol. The van der Waals surface area contributed by atoms with Crippen molar-refractivity contribution in [3.8, 4) is 0 Å². The van der Waals surface area contributed by atoms with E-state index in [0.717, 1.165) is 16.8 Å². The minimum atomic E-state index is -1.06. The smallest absolute Gasteiger partial charge is 0.244 e. The van der Waals surface area contributed by atoms with Crippen LogP contribution < -0.4 is 11.1 Å². The summed E-state index contributed by atoms with van der Waals surface area (Å²) in [5, 5.41) is 7.27. The number of nitrogens with two attached hydrogens (primary N) is 1. The van der Waals surface area contributed by atoms with E-state index in [9.17, 15) is 4.79 Å². The van der Waals surface area contributed by atoms with Crippen molar-refractivity contribution in [1.82, 2.24) is 15.1 Å². The van der Waals surface area contributed by atoms with Gasteiger partial charge in [-0.05, 0) is 26.3 Å². The molecular formula is C16H22N4O. The van der Waals surface area contributed by atoms with Crippen LogP contribution >= 0.6 is 0 Å². The number of benzene rings is 1. The first-order valence-electron chi connectivity index (χ1n) is 6.98. The number of carbonyl (C=O) groups excluding carboxylic acids is 1. The van der Waals surface area contributed by atoms with Gasteiger partial charge in [-0.25, -0.2) is 0 Å². The van der Waals surface area contributed by atoms with Crippen LogP contribution in [-0.2, 0) is 17.4 Å². The van der Waals surface area contributed by atoms with Crippen LogP contribution in [0.3, 0.4) is 0 Å². The Kier molecular flexibility index (Phi) is 4.14. The number of rotatable bonds is 4. The van der Waals surface area contributed by atoms with Crippen LogP contribution in [0.15, 0.2) is 36.5 Å². The molecule has 0 saturated heterocycles. The average Bonchev–Trinajstić information content (AvgIpc) is 2.78. The van der Waals surface area contributed by atoms with E-state index in [-0.39, 0.29) is 11.9 Å². The molecule has 5 heteroatoms. The second-order valence-corrected chi connectivity index (χ2v) is 5.61. The first-order chi connectivity index (χ1) is 9.82. The lowest BCUT2D eigenvalue weighted by Crippen LogP contribution is -2.49. The fraction of sp³-hybridized carbons (Fsp3) is 0.375. The maximum absolute atomic E-state index is 12.5. The lowest BCUT2D eigenvalue weighted by Gasteiger charge is -2.26. The van der Waals surface area contributed by atoms with Gasteiger partial charge in [0.2, 0.25) is 5.91 Å². The minimum absolute atomic E-state index is 0.141. The van der Waals surface area contributed by atoms with Crippen molar-refractivity contribution in [1.29, 1.82) is 0 Å². The third kappa shape index (κ3) is 3.13. The molecule has 21 heavy (non-hydrogen) atoms. The number of aryl methyl sites for hydroxylation is 2. The first kappa shape index (κ1) is 15.3. The van der Waals surface area contributed by atoms with Crippen molar-refractivity contribution in [2.75, 3.05) is 0 Å². The van der Waals surface area contributed by atoms with Crippen molar-refractivity contribution in [3.05, 3.63) is 53.3 Å². The Hall–Kier alpha value is -2.14. The molecule has 1 amide bonds. The lowest BCUT2D eigenvalue weighted by atomic mass is 9.92. The Balaban J connectivity index is 2.16. The Morgan fingerprint density at radius 2 is 2.00 bits per heavy atom. The Morgan fingerprint density at radius 3 is 2.52 bits per heavy atom. The summed E-state index contributed by atoms with van der Waals surface area (Å²) in [7, 11) is 1.86. The van der Waals surface area contributed by atoms with Crippen molar-refractivity contribution >= 4 is 5.91 Å². The number of nitrogens with one attached hydrogen (secondary N) is 1. The van der Waals surface area contributed by atoms with Gasteiger partial charge in [0.1, 0.15) is 5.54 Å². The van der Waals surface area contributed by atoms with Gasteiger partial charge in [-0.15, -0.1) is 0 Å². The zero-order valence-electron chi connectivity index (χ0n) is 12.9. The van der Waals surface area contributed by atoms with Gasteiger partial charge >= 0.3 is 0 Å². The van der Waals surface area contributed by atoms with Crippen molar-refractivity contribution < 1.29 is 4.79 Å². The van der Waals surface area contributed by atoms with E-state index < -0.39 is 5.54 Å². The minimum Gasteiger partial charge on any atom is -0.348 e. The van der Waals surface area contributed by atoms with Crippen molar-refractivity contribution in [2.45, 2.75) is 32.4 Å². The van der Waals surface area contributed by atoms with Crippen LogP contribution in [0.25, 0.3) is 0 Å². The van der Waals surface area contributed by atoms with E-state index in [0.29, 0.717) is 0 Å². The summed E-state index contributed by atoms with van der Waals surface area (Å²) in [5.41, 5.74) is 7.85. The van der Waals surface area contributed by atoms with E-state index >= 15 is 0 Å². The zero-order valence-corrected chi connectivity index (χ0v) is 12.9. The highest BCUT2D eigenvalue weighted by Gasteiger charge is 2.31. The average molecular weight is 286 g/mol. The van der Waals surface area contributed by atoms with E-state index in [1.165, 1.54) is 0 Å². The fourth-order valence-electron chi connectivity index (χ4n) is 2.38. The van der Waals surface area contributed by atoms with Crippen LogP contribution in [0, 0.1) is 6.92 Å². The molecule has 1 aromatic carbocycles. The molecule has 0 aliphatic heterocycles. The zero-order chi connectivity index (χ0) is 15.6. The second kappa shape index (κ2) is 5.69. The highest BCUT2D eigenvalue weighted by molar-refractivity contribution is 5.87. The van der Waals surface area contributed by atoms with Crippen LogP contribution in [0.1, 0.15) is 36.7 Å². The quantitative estimate of drug-likeness (QED) is 0.900. The molecule has 2 rings (SSSR count). The largest absolute Gasteiger partial charge is 0.348 e. The van der Waals surface area contributed by atoms with Crippen LogP contribution in [0.4, 0.5) is 0 Å². The van der Waals surface area contributed by atoms with Crippen LogP contribution in [0.2, 0.25) is 0 Å². The van der Waals surface area contributed by atoms with Gasteiger partial charge in [-0.1, -0.05) is 30.3 Å². The van der Waals surface area contributed by atoms with E-state index in [1.807, 2.05) is 57.4 Å². The number of aromatic nitrogens is 2. The third-order valence-corrected chi connectivity index (χ3v) is 3.71. The van der Waals surface area contributed by atoms with E-state index in [4.69, 9.17) is 5.73 Å². The molecule has 2 aromatic rings. The first-order valence-corrected chi connectivity index (χ1v) is 6.98. The molecule has 0 radical (unpaired) electrons. The SMILES string of the molecule is Cc1nn(C)cc1C(C)NC(=O)C(C)(N)c1ccccc1. The summed E-state index contributed by atoms with van der Waals surface area (Å²) in [5.74, 6) is -0.204. The van der Waals surface area contributed by atoms with Gasteiger partial charge in [0.05, 0.1) is 11.7 Å². The molecule has 3 N–H and O–H groups in total. The molecule has 0 aliphatic rings. The molecule has 0 spiro atoms. The Morgan fingerprint density at radius 1 is 1.38 bits per heavy atom. The van der Waals surface area contributed by atoms with Gasteiger partial charge in [0, 0.05) is 18.8 Å². The van der Waals surface area contributed by atoms with Gasteiger partial charge in [-0.3, -0.25) is 9.48 Å². The molecular weight excluding hydrogens is 264 g/mol. The molecule has 2 atom stereocenters. The second-order valence-electron chi connectivity index (χ2n) is 5.61. The highest BCUT2D eigenvalue weighted by atomic mass is 16.2. The third-order valence-electron chi connectivity index (χ3n) is 3.71. The fourth-order valence-corrected chi connectivity index (χ4v) is 2.38. The van der Waals surface area contributed by atoms with Gasteiger partial charge < -0.3 is 11.1 Å². The maximum Gasteiger partial charge on any atom is 0.244 e.